The van der Waals surface area contributed by atoms with Crippen LogP contribution in [0.5, 0.6) is 0 Å². The summed E-state index contributed by atoms with van der Waals surface area (Å²) in [5.74, 6) is 1.13. The Balaban J connectivity index is 2.14. The summed E-state index contributed by atoms with van der Waals surface area (Å²) >= 11 is 3.99. The number of hydrogen-bond acceptors (Lipinski definition) is 3. The van der Waals surface area contributed by atoms with E-state index >= 15 is 0 Å². The fraction of sp³-hybridized carbons (Fsp3) is 0.900. The Kier molecular flexibility index (Phi) is 5.33. The van der Waals surface area contributed by atoms with Crippen LogP contribution in [0.3, 0.4) is 0 Å². The highest BCUT2D eigenvalue weighted by Gasteiger charge is 2.20. The Morgan fingerprint density at radius 3 is 2.93 bits per heavy atom. The molecule has 0 aromatic heterocycles. The van der Waals surface area contributed by atoms with E-state index in [9.17, 15) is 9.90 Å². The van der Waals surface area contributed by atoms with Crippen LogP contribution in [0, 0.1) is 5.92 Å². The van der Waals surface area contributed by atoms with E-state index < -0.39 is 0 Å². The van der Waals surface area contributed by atoms with E-state index in [1.165, 1.54) is 0 Å². The smallest absolute Gasteiger partial charge is 0.220 e. The Bertz CT molecular complexity index is 187. The van der Waals surface area contributed by atoms with Crippen molar-refractivity contribution in [3.63, 3.8) is 0 Å². The van der Waals surface area contributed by atoms with Crippen LogP contribution < -0.4 is 5.32 Å². The molecule has 0 heterocycles. The zero-order valence-corrected chi connectivity index (χ0v) is 9.30. The number of aliphatic hydroxyl groups excluding tert-OH is 1. The summed E-state index contributed by atoms with van der Waals surface area (Å²) in [5, 5.41) is 12.3. The first-order chi connectivity index (χ1) is 6.72. The van der Waals surface area contributed by atoms with Gasteiger partial charge in [0.05, 0.1) is 6.10 Å². The summed E-state index contributed by atoms with van der Waals surface area (Å²) in [6.45, 7) is 0.712. The summed E-state index contributed by atoms with van der Waals surface area (Å²) in [6, 6.07) is 0. The summed E-state index contributed by atoms with van der Waals surface area (Å²) in [6.07, 6.45) is 4.28. The molecule has 2 unspecified atom stereocenters. The number of rotatable bonds is 4. The summed E-state index contributed by atoms with van der Waals surface area (Å²) in [7, 11) is 0. The van der Waals surface area contributed by atoms with Crippen molar-refractivity contribution >= 4 is 18.5 Å². The molecule has 0 aliphatic heterocycles. The Morgan fingerprint density at radius 1 is 1.50 bits per heavy atom. The molecular formula is C10H19NO2S. The van der Waals surface area contributed by atoms with Crippen molar-refractivity contribution in [1.29, 1.82) is 0 Å². The van der Waals surface area contributed by atoms with Crippen molar-refractivity contribution < 1.29 is 9.90 Å². The second-order valence-electron chi connectivity index (χ2n) is 3.96. The van der Waals surface area contributed by atoms with Gasteiger partial charge >= 0.3 is 0 Å². The molecule has 1 aliphatic rings. The zero-order chi connectivity index (χ0) is 10.4. The second kappa shape index (κ2) is 6.30. The van der Waals surface area contributed by atoms with E-state index in [1.54, 1.807) is 0 Å². The van der Waals surface area contributed by atoms with Gasteiger partial charge in [0.2, 0.25) is 5.91 Å². The molecule has 1 fully saturated rings. The zero-order valence-electron chi connectivity index (χ0n) is 8.41. The molecule has 1 amide bonds. The lowest BCUT2D eigenvalue weighted by atomic mass is 9.87. The highest BCUT2D eigenvalue weighted by Crippen LogP contribution is 2.23. The first-order valence-corrected chi connectivity index (χ1v) is 5.91. The number of nitrogens with one attached hydrogen (secondary N) is 1. The van der Waals surface area contributed by atoms with Crippen molar-refractivity contribution in [2.75, 3.05) is 12.3 Å². The van der Waals surface area contributed by atoms with Crippen LogP contribution in [0.25, 0.3) is 0 Å². The minimum absolute atomic E-state index is 0.0695. The maximum absolute atomic E-state index is 11.1. The van der Waals surface area contributed by atoms with Gasteiger partial charge in [-0.05, 0) is 30.9 Å². The third kappa shape index (κ3) is 4.33. The van der Waals surface area contributed by atoms with Crippen LogP contribution in [-0.4, -0.2) is 29.4 Å². The highest BCUT2D eigenvalue weighted by molar-refractivity contribution is 7.80. The molecule has 1 saturated carbocycles. The molecule has 0 radical (unpaired) electrons. The molecule has 0 aromatic carbocycles. The predicted molar refractivity (Wildman–Crippen MR) is 59.4 cm³/mol. The van der Waals surface area contributed by atoms with E-state index in [1.807, 2.05) is 0 Å². The minimum atomic E-state index is -0.157. The molecule has 0 bridgehead atoms. The third-order valence-corrected chi connectivity index (χ3v) is 2.91. The van der Waals surface area contributed by atoms with Crippen LogP contribution in [-0.2, 0) is 4.79 Å². The summed E-state index contributed by atoms with van der Waals surface area (Å²) in [4.78, 5) is 11.1. The van der Waals surface area contributed by atoms with Crippen LogP contribution in [0.2, 0.25) is 0 Å². The number of carbonyl (C=O) groups is 1. The average Bonchev–Trinajstić information content (AvgIpc) is 2.15. The van der Waals surface area contributed by atoms with Gasteiger partial charge in [-0.25, -0.2) is 0 Å². The van der Waals surface area contributed by atoms with Crippen LogP contribution >= 0.6 is 12.6 Å². The normalized spacial score (nSPS) is 27.3. The van der Waals surface area contributed by atoms with E-state index in [0.29, 0.717) is 24.6 Å². The van der Waals surface area contributed by atoms with Gasteiger partial charge in [-0.1, -0.05) is 6.42 Å². The van der Waals surface area contributed by atoms with Crippen LogP contribution in [0.1, 0.15) is 32.1 Å². The van der Waals surface area contributed by atoms with E-state index in [0.717, 1.165) is 25.7 Å². The highest BCUT2D eigenvalue weighted by atomic mass is 32.1. The van der Waals surface area contributed by atoms with Gasteiger partial charge in [-0.15, -0.1) is 0 Å². The van der Waals surface area contributed by atoms with Crippen LogP contribution in [0.4, 0.5) is 0 Å². The maximum atomic E-state index is 11.1. The van der Waals surface area contributed by atoms with E-state index in [-0.39, 0.29) is 12.0 Å². The lowest BCUT2D eigenvalue weighted by molar-refractivity contribution is -0.121. The van der Waals surface area contributed by atoms with Crippen molar-refractivity contribution in [2.45, 2.75) is 38.2 Å². The molecule has 1 rings (SSSR count). The fourth-order valence-corrected chi connectivity index (χ4v) is 2.10. The first-order valence-electron chi connectivity index (χ1n) is 5.28. The van der Waals surface area contributed by atoms with Gasteiger partial charge in [-0.3, -0.25) is 4.79 Å². The SMILES string of the molecule is O=C(CCS)NCC1CCCC(O)C1. The van der Waals surface area contributed by atoms with Crippen molar-refractivity contribution in [2.24, 2.45) is 5.92 Å². The summed E-state index contributed by atoms with van der Waals surface area (Å²) < 4.78 is 0. The van der Waals surface area contributed by atoms with Gasteiger partial charge in [0.15, 0.2) is 0 Å². The van der Waals surface area contributed by atoms with Crippen molar-refractivity contribution in [3.8, 4) is 0 Å². The van der Waals surface area contributed by atoms with E-state index in [4.69, 9.17) is 0 Å². The first kappa shape index (κ1) is 11.9. The molecule has 1 aliphatic carbocycles. The van der Waals surface area contributed by atoms with Crippen molar-refractivity contribution in [1.82, 2.24) is 5.32 Å². The number of thiol groups is 1. The quantitative estimate of drug-likeness (QED) is 0.615. The van der Waals surface area contributed by atoms with Gasteiger partial charge in [0, 0.05) is 13.0 Å². The molecule has 14 heavy (non-hydrogen) atoms. The van der Waals surface area contributed by atoms with E-state index in [2.05, 4.69) is 17.9 Å². The molecule has 82 valence electrons. The minimum Gasteiger partial charge on any atom is -0.393 e. The average molecular weight is 217 g/mol. The lowest BCUT2D eigenvalue weighted by Gasteiger charge is -2.25. The third-order valence-electron chi connectivity index (χ3n) is 2.68. The summed E-state index contributed by atoms with van der Waals surface area (Å²) in [5.41, 5.74) is 0. The molecule has 2 N–H and O–H groups in total. The second-order valence-corrected chi connectivity index (χ2v) is 4.41. The molecule has 0 spiro atoms. The van der Waals surface area contributed by atoms with Crippen LogP contribution in [0.15, 0.2) is 0 Å². The fourth-order valence-electron chi connectivity index (χ4n) is 1.90. The molecule has 0 aromatic rings. The Labute approximate surface area is 90.7 Å². The number of amides is 1. The van der Waals surface area contributed by atoms with Gasteiger partial charge < -0.3 is 10.4 Å². The Morgan fingerprint density at radius 2 is 2.29 bits per heavy atom. The number of aliphatic hydroxyl groups is 1. The van der Waals surface area contributed by atoms with Gasteiger partial charge in [0.1, 0.15) is 0 Å². The lowest BCUT2D eigenvalue weighted by Crippen LogP contribution is -2.32. The molecular weight excluding hydrogens is 198 g/mol. The number of hydrogen-bond donors (Lipinski definition) is 3. The predicted octanol–water partition coefficient (Wildman–Crippen LogP) is 0.974. The molecule has 2 atom stereocenters. The maximum Gasteiger partial charge on any atom is 0.220 e. The standard InChI is InChI=1S/C10H19NO2S/c12-9-3-1-2-8(6-9)7-11-10(13)4-5-14/h8-9,12,14H,1-7H2,(H,11,13). The van der Waals surface area contributed by atoms with Gasteiger partial charge in [0.25, 0.3) is 0 Å². The van der Waals surface area contributed by atoms with Gasteiger partial charge in [-0.2, -0.15) is 12.6 Å². The molecule has 4 heteroatoms. The Hall–Kier alpha value is -0.220. The molecule has 0 saturated heterocycles. The van der Waals surface area contributed by atoms with Crippen molar-refractivity contribution in [3.05, 3.63) is 0 Å². The number of carbonyl (C=O) groups excluding carboxylic acids is 1. The monoisotopic (exact) mass is 217 g/mol. The largest absolute Gasteiger partial charge is 0.393 e. The topological polar surface area (TPSA) is 49.3 Å². The molecule has 3 nitrogen and oxygen atoms in total.